The Balaban J connectivity index is 2.55. The highest BCUT2D eigenvalue weighted by atomic mass is 79.9. The first kappa shape index (κ1) is 18.1. The number of anilines is 1. The molecular weight excluding hydrogens is 402 g/mol. The predicted molar refractivity (Wildman–Crippen MR) is 97.1 cm³/mol. The van der Waals surface area contributed by atoms with Gasteiger partial charge in [-0.1, -0.05) is 17.7 Å². The van der Waals surface area contributed by atoms with E-state index >= 15 is 0 Å². The van der Waals surface area contributed by atoms with Crippen LogP contribution in [0.2, 0.25) is 5.02 Å². The second-order valence-electron chi connectivity index (χ2n) is 4.90. The molecule has 4 nitrogen and oxygen atoms in total. The number of hydrogen-bond acceptors (Lipinski definition) is 3. The molecule has 0 saturated carbocycles. The van der Waals surface area contributed by atoms with Crippen LogP contribution in [-0.4, -0.2) is 22.1 Å². The molecule has 2 aromatic rings. The van der Waals surface area contributed by atoms with Gasteiger partial charge in [0.25, 0.3) is 10.0 Å². The molecule has 0 aromatic heterocycles. The number of nitrogens with zero attached hydrogens (tertiary/aromatic N) is 1. The molecule has 0 unspecified atom stereocenters. The minimum atomic E-state index is -3.70. The van der Waals surface area contributed by atoms with Crippen LogP contribution in [0.25, 0.3) is 0 Å². The van der Waals surface area contributed by atoms with E-state index in [1.807, 2.05) is 6.92 Å². The molecule has 0 N–H and O–H groups in total. The molecule has 0 saturated heterocycles. The van der Waals surface area contributed by atoms with E-state index in [2.05, 4.69) is 15.9 Å². The van der Waals surface area contributed by atoms with Gasteiger partial charge in [0, 0.05) is 11.6 Å². The van der Waals surface area contributed by atoms with Crippen molar-refractivity contribution in [2.24, 2.45) is 0 Å². The normalized spacial score (nSPS) is 11.3. The molecule has 2 aromatic carbocycles. The summed E-state index contributed by atoms with van der Waals surface area (Å²) in [6, 6.07) is 9.90. The lowest BCUT2D eigenvalue weighted by Crippen LogP contribution is -2.31. The smallest absolute Gasteiger partial charge is 0.264 e. The molecule has 0 aliphatic heterocycles. The quantitative estimate of drug-likeness (QED) is 0.711. The maximum Gasteiger partial charge on any atom is 0.264 e. The highest BCUT2D eigenvalue weighted by molar-refractivity contribution is 9.10. The Morgan fingerprint density at radius 3 is 2.48 bits per heavy atom. The van der Waals surface area contributed by atoms with Crippen LogP contribution in [-0.2, 0) is 10.0 Å². The van der Waals surface area contributed by atoms with E-state index in [1.165, 1.54) is 23.5 Å². The lowest BCUT2D eigenvalue weighted by atomic mass is 10.2. The molecule has 0 heterocycles. The fourth-order valence-electron chi connectivity index (χ4n) is 2.26. The van der Waals surface area contributed by atoms with Crippen molar-refractivity contribution >= 4 is 43.2 Å². The summed E-state index contributed by atoms with van der Waals surface area (Å²) in [5.74, 6) is 0.575. The molecule has 0 radical (unpaired) electrons. The third-order valence-corrected chi connectivity index (χ3v) is 6.18. The van der Waals surface area contributed by atoms with Crippen LogP contribution >= 0.6 is 27.5 Å². The number of rotatable bonds is 5. The van der Waals surface area contributed by atoms with Gasteiger partial charge in [-0.3, -0.25) is 4.31 Å². The van der Waals surface area contributed by atoms with E-state index in [9.17, 15) is 8.42 Å². The van der Waals surface area contributed by atoms with Crippen LogP contribution < -0.4 is 9.04 Å². The third-order valence-electron chi connectivity index (χ3n) is 3.44. The van der Waals surface area contributed by atoms with Crippen molar-refractivity contribution in [3.8, 4) is 5.75 Å². The summed E-state index contributed by atoms with van der Waals surface area (Å²) in [6.45, 7) is 3.94. The maximum atomic E-state index is 13.0. The summed E-state index contributed by atoms with van der Waals surface area (Å²) in [7, 11) is -2.17. The van der Waals surface area contributed by atoms with Crippen LogP contribution in [0.4, 0.5) is 5.69 Å². The number of ether oxygens (including phenoxy) is 1. The Kier molecular flexibility index (Phi) is 5.60. The van der Waals surface area contributed by atoms with E-state index < -0.39 is 10.0 Å². The summed E-state index contributed by atoms with van der Waals surface area (Å²) in [4.78, 5) is 0.186. The number of aryl methyl sites for hydroxylation is 1. The molecule has 0 atom stereocenters. The Labute approximate surface area is 150 Å². The summed E-state index contributed by atoms with van der Waals surface area (Å²) in [5.41, 5.74) is 1.42. The minimum absolute atomic E-state index is 0.186. The van der Waals surface area contributed by atoms with Gasteiger partial charge in [0.15, 0.2) is 0 Å². The highest BCUT2D eigenvalue weighted by Crippen LogP contribution is 2.32. The highest BCUT2D eigenvalue weighted by Gasteiger charge is 2.25. The van der Waals surface area contributed by atoms with E-state index in [1.54, 1.807) is 31.2 Å². The molecule has 7 heteroatoms. The zero-order valence-electron chi connectivity index (χ0n) is 13.0. The van der Waals surface area contributed by atoms with Crippen molar-refractivity contribution < 1.29 is 13.2 Å². The molecule has 124 valence electrons. The first-order valence-electron chi connectivity index (χ1n) is 6.93. The van der Waals surface area contributed by atoms with Gasteiger partial charge >= 0.3 is 0 Å². The standard InChI is InChI=1S/C16H17BrClNO3S/c1-4-19(15-9-12(18)6-5-11(15)2)23(20,21)13-7-8-16(22-3)14(17)10-13/h5-10H,4H2,1-3H3. The molecular formula is C16H17BrClNO3S. The average molecular weight is 419 g/mol. The zero-order valence-corrected chi connectivity index (χ0v) is 16.2. The number of methoxy groups -OCH3 is 1. The largest absolute Gasteiger partial charge is 0.496 e. The predicted octanol–water partition coefficient (Wildman–Crippen LogP) is 4.63. The van der Waals surface area contributed by atoms with Gasteiger partial charge in [0.2, 0.25) is 0 Å². The number of hydrogen-bond donors (Lipinski definition) is 0. The monoisotopic (exact) mass is 417 g/mol. The molecule has 0 aliphatic carbocycles. The molecule has 23 heavy (non-hydrogen) atoms. The van der Waals surface area contributed by atoms with E-state index in [0.717, 1.165) is 5.56 Å². The Hall–Kier alpha value is -1.24. The fraction of sp³-hybridized carbons (Fsp3) is 0.250. The SMILES string of the molecule is CCN(c1cc(Cl)ccc1C)S(=O)(=O)c1ccc(OC)c(Br)c1. The van der Waals surface area contributed by atoms with Crippen LogP contribution in [0.5, 0.6) is 5.75 Å². The van der Waals surface area contributed by atoms with Crippen molar-refractivity contribution in [3.63, 3.8) is 0 Å². The van der Waals surface area contributed by atoms with Crippen LogP contribution in [0.3, 0.4) is 0 Å². The molecule has 0 spiro atoms. The Morgan fingerprint density at radius 1 is 1.22 bits per heavy atom. The van der Waals surface area contributed by atoms with Crippen molar-refractivity contribution in [3.05, 3.63) is 51.5 Å². The van der Waals surface area contributed by atoms with Crippen molar-refractivity contribution in [1.82, 2.24) is 0 Å². The molecule has 0 fully saturated rings. The summed E-state index contributed by atoms with van der Waals surface area (Å²) < 4.78 is 33.1. The van der Waals surface area contributed by atoms with Gasteiger partial charge in [-0.25, -0.2) is 8.42 Å². The van der Waals surface area contributed by atoms with Gasteiger partial charge in [0.05, 0.1) is 22.2 Å². The summed E-state index contributed by atoms with van der Waals surface area (Å²) >= 11 is 9.36. The first-order valence-corrected chi connectivity index (χ1v) is 9.54. The van der Waals surface area contributed by atoms with Gasteiger partial charge in [0.1, 0.15) is 5.75 Å². The van der Waals surface area contributed by atoms with Crippen molar-refractivity contribution in [1.29, 1.82) is 0 Å². The average Bonchev–Trinajstić information content (AvgIpc) is 2.51. The lowest BCUT2D eigenvalue weighted by molar-refractivity contribution is 0.411. The minimum Gasteiger partial charge on any atom is -0.496 e. The van der Waals surface area contributed by atoms with Crippen molar-refractivity contribution in [2.45, 2.75) is 18.7 Å². The summed E-state index contributed by atoms with van der Waals surface area (Å²) in [6.07, 6.45) is 0. The Morgan fingerprint density at radius 2 is 1.91 bits per heavy atom. The number of benzene rings is 2. The molecule has 0 amide bonds. The van der Waals surface area contributed by atoms with Crippen LogP contribution in [0.15, 0.2) is 45.8 Å². The maximum absolute atomic E-state index is 13.0. The Bertz CT molecular complexity index is 824. The lowest BCUT2D eigenvalue weighted by Gasteiger charge is -2.25. The fourth-order valence-corrected chi connectivity index (χ4v) is 4.67. The first-order chi connectivity index (χ1) is 10.8. The molecule has 2 rings (SSSR count). The van der Waals surface area contributed by atoms with Crippen molar-refractivity contribution in [2.75, 3.05) is 18.0 Å². The number of halogens is 2. The molecule has 0 bridgehead atoms. The summed E-state index contributed by atoms with van der Waals surface area (Å²) in [5, 5.41) is 0.496. The van der Waals surface area contributed by atoms with Crippen LogP contribution in [0.1, 0.15) is 12.5 Å². The molecule has 0 aliphatic rings. The zero-order chi connectivity index (χ0) is 17.2. The van der Waals surface area contributed by atoms with Gasteiger partial charge in [-0.15, -0.1) is 0 Å². The second-order valence-corrected chi connectivity index (χ2v) is 8.05. The van der Waals surface area contributed by atoms with Gasteiger partial charge in [-0.05, 0) is 65.7 Å². The van der Waals surface area contributed by atoms with E-state index in [0.29, 0.717) is 27.5 Å². The van der Waals surface area contributed by atoms with Gasteiger partial charge < -0.3 is 4.74 Å². The van der Waals surface area contributed by atoms with E-state index in [4.69, 9.17) is 16.3 Å². The number of sulfonamides is 1. The second kappa shape index (κ2) is 7.11. The topological polar surface area (TPSA) is 46.6 Å². The van der Waals surface area contributed by atoms with Crippen LogP contribution in [0, 0.1) is 6.92 Å². The third kappa shape index (κ3) is 3.65. The van der Waals surface area contributed by atoms with E-state index in [-0.39, 0.29) is 4.90 Å². The van der Waals surface area contributed by atoms with Gasteiger partial charge in [-0.2, -0.15) is 0 Å².